The molecule has 0 amide bonds. The SMILES string of the molecule is CC(=N)C(O)C(F)F. The highest BCUT2D eigenvalue weighted by Crippen LogP contribution is 2.00. The van der Waals surface area contributed by atoms with Crippen LogP contribution in [0.1, 0.15) is 6.92 Å². The maximum atomic E-state index is 11.3. The Morgan fingerprint density at radius 3 is 2.00 bits per heavy atom. The van der Waals surface area contributed by atoms with Gasteiger partial charge in [0.25, 0.3) is 6.43 Å². The molecule has 1 atom stereocenters. The summed E-state index contributed by atoms with van der Waals surface area (Å²) in [5.74, 6) is 0. The van der Waals surface area contributed by atoms with Gasteiger partial charge < -0.3 is 10.5 Å². The Balaban J connectivity index is 3.64. The van der Waals surface area contributed by atoms with Gasteiger partial charge in [0.1, 0.15) is 0 Å². The van der Waals surface area contributed by atoms with Crippen LogP contribution in [0.5, 0.6) is 0 Å². The zero-order valence-corrected chi connectivity index (χ0v) is 4.36. The highest BCUT2D eigenvalue weighted by atomic mass is 19.3. The first kappa shape index (κ1) is 7.49. The van der Waals surface area contributed by atoms with Crippen LogP contribution in [0.25, 0.3) is 0 Å². The minimum Gasteiger partial charge on any atom is -0.381 e. The number of aliphatic hydroxyl groups excluding tert-OH is 1. The first-order valence-electron chi connectivity index (χ1n) is 2.07. The van der Waals surface area contributed by atoms with Gasteiger partial charge in [-0.2, -0.15) is 0 Å². The van der Waals surface area contributed by atoms with E-state index in [2.05, 4.69) is 0 Å². The van der Waals surface area contributed by atoms with Gasteiger partial charge in [-0.3, -0.25) is 0 Å². The van der Waals surface area contributed by atoms with Gasteiger partial charge >= 0.3 is 0 Å². The molecule has 0 aromatic rings. The predicted molar refractivity (Wildman–Crippen MR) is 25.4 cm³/mol. The van der Waals surface area contributed by atoms with Gasteiger partial charge in [-0.1, -0.05) is 0 Å². The average molecular weight is 123 g/mol. The molecule has 0 fully saturated rings. The molecule has 0 spiro atoms. The summed E-state index contributed by atoms with van der Waals surface area (Å²) in [6.45, 7) is 1.14. The van der Waals surface area contributed by atoms with Crippen molar-refractivity contribution in [3.05, 3.63) is 0 Å². The van der Waals surface area contributed by atoms with E-state index in [9.17, 15) is 8.78 Å². The van der Waals surface area contributed by atoms with Crippen molar-refractivity contribution >= 4 is 5.71 Å². The van der Waals surface area contributed by atoms with Gasteiger partial charge in [0.05, 0.1) is 0 Å². The minimum atomic E-state index is -2.83. The van der Waals surface area contributed by atoms with Gasteiger partial charge in [0.15, 0.2) is 6.10 Å². The van der Waals surface area contributed by atoms with E-state index in [0.29, 0.717) is 0 Å². The smallest absolute Gasteiger partial charge is 0.269 e. The van der Waals surface area contributed by atoms with Gasteiger partial charge in [-0.15, -0.1) is 0 Å². The van der Waals surface area contributed by atoms with Crippen molar-refractivity contribution in [1.82, 2.24) is 0 Å². The first-order chi connectivity index (χ1) is 3.55. The molecule has 0 heterocycles. The van der Waals surface area contributed by atoms with Crippen LogP contribution in [0.15, 0.2) is 0 Å². The van der Waals surface area contributed by atoms with E-state index in [4.69, 9.17) is 10.5 Å². The molecule has 0 aromatic heterocycles. The molecule has 0 saturated heterocycles. The Hall–Kier alpha value is -0.510. The number of rotatable bonds is 2. The molecule has 4 heteroatoms. The molecule has 0 rings (SSSR count). The van der Waals surface area contributed by atoms with Gasteiger partial charge in [0, 0.05) is 5.71 Å². The van der Waals surface area contributed by atoms with E-state index < -0.39 is 18.2 Å². The Kier molecular flexibility index (Phi) is 2.54. The molecule has 0 aliphatic rings. The zero-order valence-electron chi connectivity index (χ0n) is 4.36. The predicted octanol–water partition coefficient (Wildman–Crippen LogP) is 0.652. The lowest BCUT2D eigenvalue weighted by Gasteiger charge is -2.04. The van der Waals surface area contributed by atoms with E-state index in [1.165, 1.54) is 0 Å². The van der Waals surface area contributed by atoms with Crippen molar-refractivity contribution in [2.45, 2.75) is 19.5 Å². The topological polar surface area (TPSA) is 44.1 Å². The molecular weight excluding hydrogens is 116 g/mol. The van der Waals surface area contributed by atoms with Crippen molar-refractivity contribution in [1.29, 1.82) is 5.41 Å². The number of halogens is 2. The molecule has 0 saturated carbocycles. The quantitative estimate of drug-likeness (QED) is 0.520. The van der Waals surface area contributed by atoms with Crippen LogP contribution in [0.2, 0.25) is 0 Å². The van der Waals surface area contributed by atoms with Crippen molar-refractivity contribution < 1.29 is 13.9 Å². The molecule has 0 aliphatic carbocycles. The lowest BCUT2D eigenvalue weighted by Crippen LogP contribution is -2.24. The fourth-order valence-electron chi connectivity index (χ4n) is 0.189. The molecule has 2 N–H and O–H groups in total. The molecule has 48 valence electrons. The minimum absolute atomic E-state index is 0.403. The van der Waals surface area contributed by atoms with Crippen LogP contribution in [0.3, 0.4) is 0 Å². The van der Waals surface area contributed by atoms with Gasteiger partial charge in [-0.25, -0.2) is 8.78 Å². The fraction of sp³-hybridized carbons (Fsp3) is 0.750. The fourth-order valence-corrected chi connectivity index (χ4v) is 0.189. The molecule has 0 bridgehead atoms. The molecular formula is C4H7F2NO. The monoisotopic (exact) mass is 123 g/mol. The van der Waals surface area contributed by atoms with Gasteiger partial charge in [0.2, 0.25) is 0 Å². The van der Waals surface area contributed by atoms with Crippen LogP contribution < -0.4 is 0 Å². The number of alkyl halides is 2. The molecule has 0 aliphatic heterocycles. The number of hydrogen-bond acceptors (Lipinski definition) is 2. The third-order valence-corrected chi connectivity index (χ3v) is 0.682. The summed E-state index contributed by atoms with van der Waals surface area (Å²) in [6.07, 6.45) is -4.71. The van der Waals surface area contributed by atoms with E-state index >= 15 is 0 Å². The summed E-state index contributed by atoms with van der Waals surface area (Å²) in [6, 6.07) is 0. The molecule has 0 radical (unpaired) electrons. The summed E-state index contributed by atoms with van der Waals surface area (Å²) in [5.41, 5.74) is -0.403. The summed E-state index contributed by atoms with van der Waals surface area (Å²) < 4.78 is 22.6. The Bertz CT molecular complexity index is 94.0. The summed E-state index contributed by atoms with van der Waals surface area (Å²) in [5, 5.41) is 14.7. The van der Waals surface area contributed by atoms with Gasteiger partial charge in [-0.05, 0) is 6.92 Å². The molecule has 1 unspecified atom stereocenters. The van der Waals surface area contributed by atoms with E-state index in [1.54, 1.807) is 0 Å². The summed E-state index contributed by atoms with van der Waals surface area (Å²) in [7, 11) is 0. The second-order valence-electron chi connectivity index (χ2n) is 1.46. The van der Waals surface area contributed by atoms with Crippen LogP contribution >= 0.6 is 0 Å². The van der Waals surface area contributed by atoms with Crippen molar-refractivity contribution in [3.63, 3.8) is 0 Å². The second-order valence-corrected chi connectivity index (χ2v) is 1.46. The lowest BCUT2D eigenvalue weighted by molar-refractivity contribution is 0.0346. The zero-order chi connectivity index (χ0) is 6.73. The highest BCUT2D eigenvalue weighted by molar-refractivity contribution is 5.83. The Labute approximate surface area is 45.6 Å². The third-order valence-electron chi connectivity index (χ3n) is 0.682. The third kappa shape index (κ3) is 1.97. The largest absolute Gasteiger partial charge is 0.381 e. The van der Waals surface area contributed by atoms with E-state index in [0.717, 1.165) is 6.92 Å². The molecule has 2 nitrogen and oxygen atoms in total. The maximum Gasteiger partial charge on any atom is 0.269 e. The van der Waals surface area contributed by atoms with E-state index in [1.807, 2.05) is 0 Å². The van der Waals surface area contributed by atoms with Crippen LogP contribution in [-0.2, 0) is 0 Å². The molecule has 8 heavy (non-hydrogen) atoms. The lowest BCUT2D eigenvalue weighted by atomic mass is 10.2. The Morgan fingerprint density at radius 2 is 2.00 bits per heavy atom. The normalized spacial score (nSPS) is 14.1. The summed E-state index contributed by atoms with van der Waals surface area (Å²) in [4.78, 5) is 0. The number of nitrogens with one attached hydrogen (secondary N) is 1. The maximum absolute atomic E-state index is 11.3. The Morgan fingerprint density at radius 1 is 1.62 bits per heavy atom. The van der Waals surface area contributed by atoms with Crippen LogP contribution in [0, 0.1) is 5.41 Å². The standard InChI is InChI=1S/C4H7F2NO/c1-2(7)3(8)4(5)6/h3-4,7-8H,1H3. The van der Waals surface area contributed by atoms with Crippen LogP contribution in [0.4, 0.5) is 8.78 Å². The average Bonchev–Trinajstić information content (AvgIpc) is 1.64. The second kappa shape index (κ2) is 2.71. The van der Waals surface area contributed by atoms with Crippen molar-refractivity contribution in [3.8, 4) is 0 Å². The van der Waals surface area contributed by atoms with Crippen molar-refractivity contribution in [2.75, 3.05) is 0 Å². The summed E-state index contributed by atoms with van der Waals surface area (Å²) >= 11 is 0. The van der Waals surface area contributed by atoms with Crippen molar-refractivity contribution in [2.24, 2.45) is 0 Å². The first-order valence-corrected chi connectivity index (χ1v) is 2.07. The highest BCUT2D eigenvalue weighted by Gasteiger charge is 2.17. The molecule has 0 aromatic carbocycles. The van der Waals surface area contributed by atoms with Crippen LogP contribution in [-0.4, -0.2) is 23.3 Å². The van der Waals surface area contributed by atoms with E-state index in [-0.39, 0.29) is 0 Å². The number of aliphatic hydroxyl groups is 1. The number of hydrogen-bond donors (Lipinski definition) is 2.